The summed E-state index contributed by atoms with van der Waals surface area (Å²) in [4.78, 5) is 22.7. The average Bonchev–Trinajstić information content (AvgIpc) is 2.86. The highest BCUT2D eigenvalue weighted by Gasteiger charge is 2.21. The van der Waals surface area contributed by atoms with Crippen molar-refractivity contribution in [1.82, 2.24) is 16.2 Å². The molecule has 1 unspecified atom stereocenters. The molecule has 0 aliphatic carbocycles. The van der Waals surface area contributed by atoms with Gasteiger partial charge in [0.2, 0.25) is 0 Å². The zero-order valence-corrected chi connectivity index (χ0v) is 18.6. The van der Waals surface area contributed by atoms with Crippen LogP contribution in [0.15, 0.2) is 91.0 Å². The Kier molecular flexibility index (Phi) is 6.65. The molecule has 0 heterocycles. The lowest BCUT2D eigenvalue weighted by molar-refractivity contribution is -0.384. The fourth-order valence-electron chi connectivity index (χ4n) is 3.64. The van der Waals surface area contributed by atoms with Crippen LogP contribution in [0.2, 0.25) is 0 Å². The van der Waals surface area contributed by atoms with E-state index in [0.29, 0.717) is 5.56 Å². The molecule has 170 valence electrons. The van der Waals surface area contributed by atoms with Crippen LogP contribution in [0.5, 0.6) is 5.75 Å². The van der Waals surface area contributed by atoms with Gasteiger partial charge in [-0.1, -0.05) is 60.7 Å². The number of amides is 1. The van der Waals surface area contributed by atoms with E-state index < -0.39 is 16.9 Å². The van der Waals surface area contributed by atoms with E-state index in [4.69, 9.17) is 12.2 Å². The van der Waals surface area contributed by atoms with E-state index >= 15 is 0 Å². The number of rotatable bonds is 5. The van der Waals surface area contributed by atoms with Crippen molar-refractivity contribution in [1.29, 1.82) is 0 Å². The van der Waals surface area contributed by atoms with Gasteiger partial charge in [-0.2, -0.15) is 0 Å². The van der Waals surface area contributed by atoms with Crippen LogP contribution in [0.25, 0.3) is 10.8 Å². The highest BCUT2D eigenvalue weighted by molar-refractivity contribution is 7.80. The van der Waals surface area contributed by atoms with Gasteiger partial charge in [-0.05, 0) is 46.8 Å². The maximum atomic E-state index is 12.4. The number of carbonyl (C=O) groups excluding carboxylic acids is 1. The summed E-state index contributed by atoms with van der Waals surface area (Å²) in [6.45, 7) is 0. The Morgan fingerprint density at radius 1 is 0.882 bits per heavy atom. The van der Waals surface area contributed by atoms with Crippen LogP contribution in [-0.2, 0) is 0 Å². The van der Waals surface area contributed by atoms with Crippen LogP contribution in [0.1, 0.15) is 27.5 Å². The standard InChI is InChI=1S/C25H20N4O4S/c30-21-15-12-16-6-4-5-9-20(16)22(21)23(17-7-2-1-3-8-17)26-25(34)28-27-24(31)18-10-13-19(14-11-18)29(32)33/h1-15,23,30H,(H,27,31)(H2,26,28,34). The molecule has 1 atom stereocenters. The van der Waals surface area contributed by atoms with Gasteiger partial charge in [0, 0.05) is 23.3 Å². The summed E-state index contributed by atoms with van der Waals surface area (Å²) < 4.78 is 0. The molecule has 4 aromatic carbocycles. The van der Waals surface area contributed by atoms with Gasteiger partial charge in [0.25, 0.3) is 11.6 Å². The number of phenolic OH excluding ortho intramolecular Hbond substituents is 1. The van der Waals surface area contributed by atoms with E-state index in [1.54, 1.807) is 6.07 Å². The Bertz CT molecular complexity index is 1360. The maximum absolute atomic E-state index is 12.4. The number of benzene rings is 4. The predicted octanol–water partition coefficient (Wildman–Crippen LogP) is 4.35. The minimum Gasteiger partial charge on any atom is -0.508 e. The maximum Gasteiger partial charge on any atom is 0.269 e. The highest BCUT2D eigenvalue weighted by atomic mass is 32.1. The Labute approximate surface area is 200 Å². The van der Waals surface area contributed by atoms with Crippen molar-refractivity contribution < 1.29 is 14.8 Å². The van der Waals surface area contributed by atoms with Crippen molar-refractivity contribution in [2.75, 3.05) is 0 Å². The van der Waals surface area contributed by atoms with Crippen molar-refractivity contribution in [3.05, 3.63) is 118 Å². The number of nitro groups is 1. The lowest BCUT2D eigenvalue weighted by Gasteiger charge is -2.24. The largest absolute Gasteiger partial charge is 0.508 e. The predicted molar refractivity (Wildman–Crippen MR) is 133 cm³/mol. The minimum atomic E-state index is -0.536. The third-order valence-electron chi connectivity index (χ3n) is 5.27. The number of hydrogen-bond acceptors (Lipinski definition) is 5. The van der Waals surface area contributed by atoms with Gasteiger partial charge in [-0.15, -0.1) is 0 Å². The SMILES string of the molecule is O=C(NNC(=S)NC(c1ccccc1)c1c(O)ccc2ccccc12)c1ccc([N+](=O)[O-])cc1. The zero-order chi connectivity index (χ0) is 24.1. The topological polar surface area (TPSA) is 117 Å². The number of fused-ring (bicyclic) bond motifs is 1. The van der Waals surface area contributed by atoms with Crippen molar-refractivity contribution in [2.24, 2.45) is 0 Å². The molecular formula is C25H20N4O4S. The van der Waals surface area contributed by atoms with Crippen LogP contribution >= 0.6 is 12.2 Å². The highest BCUT2D eigenvalue weighted by Crippen LogP contribution is 2.35. The second-order valence-corrected chi connectivity index (χ2v) is 7.83. The molecule has 34 heavy (non-hydrogen) atoms. The van der Waals surface area contributed by atoms with Crippen LogP contribution in [0.3, 0.4) is 0 Å². The minimum absolute atomic E-state index is 0.109. The third kappa shape index (κ3) is 4.94. The lowest BCUT2D eigenvalue weighted by atomic mass is 9.93. The van der Waals surface area contributed by atoms with Gasteiger partial charge in [-0.3, -0.25) is 25.8 Å². The number of aromatic hydroxyl groups is 1. The smallest absolute Gasteiger partial charge is 0.269 e. The van der Waals surface area contributed by atoms with Crippen LogP contribution in [0.4, 0.5) is 5.69 Å². The van der Waals surface area contributed by atoms with Crippen molar-refractivity contribution in [3.63, 3.8) is 0 Å². The fraction of sp³-hybridized carbons (Fsp3) is 0.0400. The normalized spacial score (nSPS) is 11.4. The molecular weight excluding hydrogens is 452 g/mol. The molecule has 0 aliphatic rings. The van der Waals surface area contributed by atoms with E-state index in [1.165, 1.54) is 24.3 Å². The van der Waals surface area contributed by atoms with E-state index in [0.717, 1.165) is 16.3 Å². The van der Waals surface area contributed by atoms with E-state index in [-0.39, 0.29) is 22.1 Å². The van der Waals surface area contributed by atoms with Gasteiger partial charge < -0.3 is 10.4 Å². The molecule has 0 fully saturated rings. The van der Waals surface area contributed by atoms with Crippen molar-refractivity contribution >= 4 is 39.7 Å². The number of non-ortho nitro benzene ring substituents is 1. The molecule has 4 aromatic rings. The van der Waals surface area contributed by atoms with Gasteiger partial charge in [0.15, 0.2) is 5.11 Å². The van der Waals surface area contributed by atoms with Crippen LogP contribution < -0.4 is 16.2 Å². The molecule has 9 heteroatoms. The molecule has 4 rings (SSSR count). The molecule has 0 spiro atoms. The molecule has 0 saturated heterocycles. The third-order valence-corrected chi connectivity index (χ3v) is 5.49. The van der Waals surface area contributed by atoms with E-state index in [2.05, 4.69) is 16.2 Å². The molecule has 0 saturated carbocycles. The van der Waals surface area contributed by atoms with E-state index in [9.17, 15) is 20.0 Å². The molecule has 1 amide bonds. The Balaban J connectivity index is 1.55. The van der Waals surface area contributed by atoms with Gasteiger partial charge in [0.1, 0.15) is 5.75 Å². The summed E-state index contributed by atoms with van der Waals surface area (Å²) in [7, 11) is 0. The number of thiocarbonyl (C=S) groups is 1. The molecule has 4 N–H and O–H groups in total. The summed E-state index contributed by atoms with van der Waals surface area (Å²) in [6, 6.07) is 25.4. The summed E-state index contributed by atoms with van der Waals surface area (Å²) in [5, 5.41) is 26.7. The summed E-state index contributed by atoms with van der Waals surface area (Å²) >= 11 is 5.41. The average molecular weight is 473 g/mol. The molecule has 0 aromatic heterocycles. The quantitative estimate of drug-likeness (QED) is 0.194. The summed E-state index contributed by atoms with van der Waals surface area (Å²) in [5.74, 6) is -0.402. The Morgan fingerprint density at radius 2 is 1.56 bits per heavy atom. The Morgan fingerprint density at radius 3 is 2.26 bits per heavy atom. The second-order valence-electron chi connectivity index (χ2n) is 7.42. The number of nitrogens with zero attached hydrogens (tertiary/aromatic N) is 1. The monoisotopic (exact) mass is 472 g/mol. The number of nitrogens with one attached hydrogen (secondary N) is 3. The van der Waals surface area contributed by atoms with Gasteiger partial charge in [0.05, 0.1) is 11.0 Å². The lowest BCUT2D eigenvalue weighted by Crippen LogP contribution is -2.47. The number of phenols is 1. The first kappa shape index (κ1) is 22.7. The first-order valence-electron chi connectivity index (χ1n) is 10.3. The number of nitro benzene ring substituents is 1. The molecule has 0 aliphatic heterocycles. The summed E-state index contributed by atoms with van der Waals surface area (Å²) in [6.07, 6.45) is 0. The molecule has 8 nitrogen and oxygen atoms in total. The van der Waals surface area contributed by atoms with Crippen molar-refractivity contribution in [2.45, 2.75) is 6.04 Å². The first-order chi connectivity index (χ1) is 16.4. The molecule has 0 bridgehead atoms. The van der Waals surface area contributed by atoms with Gasteiger partial charge in [-0.25, -0.2) is 0 Å². The number of hydrogen-bond donors (Lipinski definition) is 4. The zero-order valence-electron chi connectivity index (χ0n) is 17.8. The first-order valence-corrected chi connectivity index (χ1v) is 10.7. The van der Waals surface area contributed by atoms with Crippen molar-refractivity contribution in [3.8, 4) is 5.75 Å². The summed E-state index contributed by atoms with van der Waals surface area (Å²) in [5.41, 5.74) is 6.77. The van der Waals surface area contributed by atoms with Crippen LogP contribution in [0, 0.1) is 10.1 Å². The fourth-order valence-corrected chi connectivity index (χ4v) is 3.81. The van der Waals surface area contributed by atoms with E-state index in [1.807, 2.05) is 60.7 Å². The van der Waals surface area contributed by atoms with Crippen LogP contribution in [-0.4, -0.2) is 21.0 Å². The number of hydrazine groups is 1. The molecule has 0 radical (unpaired) electrons. The Hall–Kier alpha value is -4.50. The van der Waals surface area contributed by atoms with Gasteiger partial charge >= 0.3 is 0 Å². The number of carbonyl (C=O) groups is 1. The second kappa shape index (κ2) is 9.97.